The van der Waals surface area contributed by atoms with Crippen LogP contribution < -0.4 is 0 Å². The zero-order chi connectivity index (χ0) is 15.2. The van der Waals surface area contributed by atoms with E-state index in [1.54, 1.807) is 12.1 Å². The molecule has 0 spiro atoms. The Labute approximate surface area is 131 Å². The summed E-state index contributed by atoms with van der Waals surface area (Å²) >= 11 is 0. The van der Waals surface area contributed by atoms with E-state index in [2.05, 4.69) is 20.5 Å². The van der Waals surface area contributed by atoms with Gasteiger partial charge in [0, 0.05) is 32.0 Å². The molecule has 0 bridgehead atoms. The van der Waals surface area contributed by atoms with Crippen LogP contribution in [0.4, 0.5) is 4.39 Å². The van der Waals surface area contributed by atoms with Crippen molar-refractivity contribution in [2.45, 2.75) is 25.8 Å². The van der Waals surface area contributed by atoms with Crippen LogP contribution in [0.15, 0.2) is 49.1 Å². The summed E-state index contributed by atoms with van der Waals surface area (Å²) in [6.07, 6.45) is 11.4. The Morgan fingerprint density at radius 2 is 1.91 bits per heavy atom. The molecule has 4 heteroatoms. The first-order chi connectivity index (χ1) is 10.8. The third kappa shape index (κ3) is 4.04. The Hall–Kier alpha value is -1.94. The Bertz CT molecular complexity index is 602. The van der Waals surface area contributed by atoms with Crippen LogP contribution in [0.1, 0.15) is 24.8 Å². The molecular weight excluding hydrogens is 277 g/mol. The second kappa shape index (κ2) is 7.36. The summed E-state index contributed by atoms with van der Waals surface area (Å²) in [7, 11) is 0. The van der Waals surface area contributed by atoms with Crippen molar-refractivity contribution < 1.29 is 4.39 Å². The van der Waals surface area contributed by atoms with Crippen LogP contribution in [0.2, 0.25) is 0 Å². The molecule has 0 saturated heterocycles. The van der Waals surface area contributed by atoms with Crippen molar-refractivity contribution in [1.82, 2.24) is 14.5 Å². The molecule has 0 radical (unpaired) electrons. The van der Waals surface area contributed by atoms with E-state index in [-0.39, 0.29) is 5.82 Å². The zero-order valence-electron chi connectivity index (χ0n) is 12.8. The van der Waals surface area contributed by atoms with Gasteiger partial charge < -0.3 is 4.57 Å². The lowest BCUT2D eigenvalue weighted by Gasteiger charge is -2.26. The number of hydrogen-bond acceptors (Lipinski definition) is 2. The fourth-order valence-corrected chi connectivity index (χ4v) is 2.89. The molecule has 2 heterocycles. The lowest BCUT2D eigenvalue weighted by atomic mass is 9.99. The van der Waals surface area contributed by atoms with E-state index in [0.29, 0.717) is 0 Å². The highest BCUT2D eigenvalue weighted by Gasteiger charge is 2.12. The smallest absolute Gasteiger partial charge is 0.123 e. The maximum absolute atomic E-state index is 13.0. The lowest BCUT2D eigenvalue weighted by molar-refractivity contribution is 0.292. The van der Waals surface area contributed by atoms with E-state index >= 15 is 0 Å². The van der Waals surface area contributed by atoms with Crippen molar-refractivity contribution in [3.8, 4) is 0 Å². The highest BCUT2D eigenvalue weighted by Crippen LogP contribution is 2.22. The standard InChI is InChI=1S/C18H22FN3/c19-18-5-3-16(4-6-18)17-7-12-21(13-8-17)10-1-2-11-22-14-9-20-15-22/h3-7,9,14-15H,1-2,8,10-13H2. The number of aromatic nitrogens is 2. The molecule has 1 aliphatic rings. The average molecular weight is 299 g/mol. The second-order valence-electron chi connectivity index (χ2n) is 5.79. The van der Waals surface area contributed by atoms with Crippen LogP contribution >= 0.6 is 0 Å². The van der Waals surface area contributed by atoms with Gasteiger partial charge in [-0.15, -0.1) is 0 Å². The molecule has 0 saturated carbocycles. The largest absolute Gasteiger partial charge is 0.337 e. The highest BCUT2D eigenvalue weighted by molar-refractivity contribution is 5.66. The minimum Gasteiger partial charge on any atom is -0.337 e. The van der Waals surface area contributed by atoms with Crippen molar-refractivity contribution in [1.29, 1.82) is 0 Å². The van der Waals surface area contributed by atoms with Crippen LogP contribution in [0, 0.1) is 5.82 Å². The summed E-state index contributed by atoms with van der Waals surface area (Å²) in [5, 5.41) is 0. The van der Waals surface area contributed by atoms with Gasteiger partial charge in [0.1, 0.15) is 5.82 Å². The predicted octanol–water partition coefficient (Wildman–Crippen LogP) is 3.59. The number of hydrogen-bond donors (Lipinski definition) is 0. The number of imidazole rings is 1. The van der Waals surface area contributed by atoms with Crippen LogP contribution in [0.25, 0.3) is 5.57 Å². The Balaban J connectivity index is 1.42. The van der Waals surface area contributed by atoms with Crippen molar-refractivity contribution in [3.05, 3.63) is 60.4 Å². The molecule has 0 amide bonds. The van der Waals surface area contributed by atoms with Gasteiger partial charge in [0.25, 0.3) is 0 Å². The van der Waals surface area contributed by atoms with Gasteiger partial charge in [-0.2, -0.15) is 0 Å². The molecule has 0 N–H and O–H groups in total. The Morgan fingerprint density at radius 1 is 1.09 bits per heavy atom. The molecule has 2 aromatic rings. The van der Waals surface area contributed by atoms with Gasteiger partial charge in [-0.3, -0.25) is 4.90 Å². The summed E-state index contributed by atoms with van der Waals surface area (Å²) in [4.78, 5) is 6.54. The van der Waals surface area contributed by atoms with Crippen LogP contribution in [-0.4, -0.2) is 34.1 Å². The van der Waals surface area contributed by atoms with Crippen molar-refractivity contribution in [3.63, 3.8) is 0 Å². The quantitative estimate of drug-likeness (QED) is 0.760. The predicted molar refractivity (Wildman–Crippen MR) is 86.9 cm³/mol. The fourth-order valence-electron chi connectivity index (χ4n) is 2.89. The summed E-state index contributed by atoms with van der Waals surface area (Å²) < 4.78 is 15.1. The Morgan fingerprint density at radius 3 is 2.59 bits per heavy atom. The lowest BCUT2D eigenvalue weighted by Crippen LogP contribution is -2.29. The molecular formula is C18H22FN3. The number of halogens is 1. The van der Waals surface area contributed by atoms with Crippen LogP contribution in [-0.2, 0) is 6.54 Å². The van der Waals surface area contributed by atoms with E-state index in [9.17, 15) is 4.39 Å². The third-order valence-electron chi connectivity index (χ3n) is 4.21. The van der Waals surface area contributed by atoms with Gasteiger partial charge in [-0.25, -0.2) is 9.37 Å². The zero-order valence-corrected chi connectivity index (χ0v) is 12.8. The summed E-state index contributed by atoms with van der Waals surface area (Å²) in [6, 6.07) is 6.83. The number of nitrogens with zero attached hydrogens (tertiary/aromatic N) is 3. The number of aryl methyl sites for hydroxylation is 1. The van der Waals surface area contributed by atoms with E-state index in [4.69, 9.17) is 0 Å². The minimum absolute atomic E-state index is 0.167. The first-order valence-corrected chi connectivity index (χ1v) is 7.94. The van der Waals surface area contributed by atoms with Crippen LogP contribution in [0.5, 0.6) is 0 Å². The summed E-state index contributed by atoms with van der Waals surface area (Å²) in [6.45, 7) is 4.28. The Kier molecular flexibility index (Phi) is 5.01. The molecule has 0 unspecified atom stereocenters. The first-order valence-electron chi connectivity index (χ1n) is 7.94. The van der Waals surface area contributed by atoms with E-state index in [1.807, 2.05) is 30.9 Å². The number of rotatable bonds is 6. The SMILES string of the molecule is Fc1ccc(C2=CCN(CCCCn3ccnc3)CC2)cc1. The topological polar surface area (TPSA) is 21.1 Å². The highest BCUT2D eigenvalue weighted by atomic mass is 19.1. The van der Waals surface area contributed by atoms with Crippen molar-refractivity contribution >= 4 is 5.57 Å². The summed E-state index contributed by atoms with van der Waals surface area (Å²) in [5.74, 6) is -0.167. The van der Waals surface area contributed by atoms with Gasteiger partial charge in [0.2, 0.25) is 0 Å². The van der Waals surface area contributed by atoms with E-state index < -0.39 is 0 Å². The minimum atomic E-state index is -0.167. The third-order valence-corrected chi connectivity index (χ3v) is 4.21. The van der Waals surface area contributed by atoms with Gasteiger partial charge in [0.15, 0.2) is 0 Å². The first kappa shape index (κ1) is 15.0. The molecule has 1 aromatic carbocycles. The molecule has 3 rings (SSSR count). The molecule has 1 aromatic heterocycles. The maximum atomic E-state index is 13.0. The monoisotopic (exact) mass is 299 g/mol. The average Bonchev–Trinajstić information content (AvgIpc) is 3.06. The van der Waals surface area contributed by atoms with Crippen LogP contribution in [0.3, 0.4) is 0 Å². The van der Waals surface area contributed by atoms with Gasteiger partial charge in [-0.1, -0.05) is 18.2 Å². The molecule has 0 atom stereocenters. The second-order valence-corrected chi connectivity index (χ2v) is 5.79. The van der Waals surface area contributed by atoms with E-state index in [1.165, 1.54) is 18.4 Å². The maximum Gasteiger partial charge on any atom is 0.123 e. The van der Waals surface area contributed by atoms with Crippen molar-refractivity contribution in [2.75, 3.05) is 19.6 Å². The van der Waals surface area contributed by atoms with Gasteiger partial charge in [0.05, 0.1) is 6.33 Å². The van der Waals surface area contributed by atoms with E-state index in [0.717, 1.165) is 38.2 Å². The molecule has 3 nitrogen and oxygen atoms in total. The number of unbranched alkanes of at least 4 members (excludes halogenated alkanes) is 1. The summed E-state index contributed by atoms with van der Waals surface area (Å²) in [5.41, 5.74) is 2.50. The molecule has 22 heavy (non-hydrogen) atoms. The molecule has 116 valence electrons. The van der Waals surface area contributed by atoms with Crippen molar-refractivity contribution in [2.24, 2.45) is 0 Å². The molecule has 0 fully saturated rings. The number of benzene rings is 1. The molecule has 0 aliphatic carbocycles. The van der Waals surface area contributed by atoms with Gasteiger partial charge in [-0.05, 0) is 49.1 Å². The normalized spacial score (nSPS) is 15.8. The van der Waals surface area contributed by atoms with Gasteiger partial charge >= 0.3 is 0 Å². The molecule has 1 aliphatic heterocycles. The fraction of sp³-hybridized carbons (Fsp3) is 0.389.